The van der Waals surface area contributed by atoms with E-state index in [2.05, 4.69) is 22.1 Å². The minimum atomic E-state index is 1.04. The van der Waals surface area contributed by atoms with Crippen molar-refractivity contribution >= 4 is 0 Å². The number of pyridine rings is 2. The first-order valence-corrected chi connectivity index (χ1v) is 4.60. The maximum Gasteiger partial charge on any atom is 0.0373 e. The molecule has 0 radical (unpaired) electrons. The van der Waals surface area contributed by atoms with Crippen LogP contribution >= 0.6 is 0 Å². The minimum absolute atomic E-state index is 1.04. The molecule has 0 bridgehead atoms. The number of aromatic nitrogens is 2. The molecule has 0 saturated carbocycles. The van der Waals surface area contributed by atoms with Gasteiger partial charge < -0.3 is 0 Å². The van der Waals surface area contributed by atoms with Gasteiger partial charge in [0.25, 0.3) is 0 Å². The Bertz CT molecular complexity index is 432. The summed E-state index contributed by atoms with van der Waals surface area (Å²) in [5.41, 5.74) is 4.45. The Labute approximate surface area is 83.7 Å². The van der Waals surface area contributed by atoms with Gasteiger partial charge in [-0.3, -0.25) is 9.97 Å². The Morgan fingerprint density at radius 2 is 1.79 bits per heavy atom. The molecule has 0 aliphatic rings. The van der Waals surface area contributed by atoms with E-state index in [0.717, 1.165) is 16.8 Å². The van der Waals surface area contributed by atoms with Gasteiger partial charge in [-0.1, -0.05) is 6.07 Å². The van der Waals surface area contributed by atoms with Gasteiger partial charge in [0.05, 0.1) is 0 Å². The van der Waals surface area contributed by atoms with Crippen molar-refractivity contribution in [1.82, 2.24) is 9.97 Å². The number of rotatable bonds is 1. The number of hydrogen-bond donors (Lipinski definition) is 0. The predicted molar refractivity (Wildman–Crippen MR) is 56.9 cm³/mol. The molecule has 0 N–H and O–H groups in total. The second kappa shape index (κ2) is 3.58. The Morgan fingerprint density at radius 3 is 2.43 bits per heavy atom. The van der Waals surface area contributed by atoms with E-state index in [-0.39, 0.29) is 0 Å². The van der Waals surface area contributed by atoms with Crippen LogP contribution in [-0.4, -0.2) is 9.97 Å². The molecular formula is C12H12N2. The fourth-order valence-electron chi connectivity index (χ4n) is 1.35. The van der Waals surface area contributed by atoms with Crippen LogP contribution in [0.5, 0.6) is 0 Å². The molecule has 0 saturated heterocycles. The zero-order valence-corrected chi connectivity index (χ0v) is 8.36. The second-order valence-electron chi connectivity index (χ2n) is 3.44. The summed E-state index contributed by atoms with van der Waals surface area (Å²) >= 11 is 0. The molecule has 2 aromatic heterocycles. The van der Waals surface area contributed by atoms with E-state index in [1.54, 1.807) is 0 Å². The molecule has 14 heavy (non-hydrogen) atoms. The highest BCUT2D eigenvalue weighted by Crippen LogP contribution is 2.17. The summed E-state index contributed by atoms with van der Waals surface area (Å²) in [6.45, 7) is 4.02. The molecule has 0 aliphatic heterocycles. The highest BCUT2D eigenvalue weighted by molar-refractivity contribution is 5.61. The monoisotopic (exact) mass is 184 g/mol. The second-order valence-corrected chi connectivity index (χ2v) is 3.44. The van der Waals surface area contributed by atoms with Gasteiger partial charge in [-0.05, 0) is 31.5 Å². The Morgan fingerprint density at radius 1 is 0.929 bits per heavy atom. The maximum absolute atomic E-state index is 4.26. The molecule has 0 aliphatic carbocycles. The molecule has 2 rings (SSSR count). The number of aryl methyl sites for hydroxylation is 2. The van der Waals surface area contributed by atoms with Gasteiger partial charge in [0, 0.05) is 35.4 Å². The van der Waals surface area contributed by atoms with Crippen molar-refractivity contribution < 1.29 is 0 Å². The SMILES string of the molecule is Cc1cncc(-c2ccc(C)nc2)c1. The Balaban J connectivity index is 2.44. The lowest BCUT2D eigenvalue weighted by atomic mass is 10.1. The van der Waals surface area contributed by atoms with Crippen LogP contribution in [0.25, 0.3) is 11.1 Å². The average molecular weight is 184 g/mol. The highest BCUT2D eigenvalue weighted by Gasteiger charge is 1.97. The molecule has 0 unspecified atom stereocenters. The molecule has 0 aromatic carbocycles. The van der Waals surface area contributed by atoms with Crippen molar-refractivity contribution in [2.45, 2.75) is 13.8 Å². The van der Waals surface area contributed by atoms with E-state index in [1.165, 1.54) is 5.56 Å². The fraction of sp³-hybridized carbons (Fsp3) is 0.167. The van der Waals surface area contributed by atoms with Crippen molar-refractivity contribution in [3.8, 4) is 11.1 Å². The smallest absolute Gasteiger partial charge is 0.0373 e. The maximum atomic E-state index is 4.26. The van der Waals surface area contributed by atoms with Gasteiger partial charge in [-0.15, -0.1) is 0 Å². The van der Waals surface area contributed by atoms with Gasteiger partial charge in [0.15, 0.2) is 0 Å². The van der Waals surface area contributed by atoms with Gasteiger partial charge in [-0.25, -0.2) is 0 Å². The van der Waals surface area contributed by atoms with Crippen LogP contribution in [0.3, 0.4) is 0 Å². The van der Waals surface area contributed by atoms with Crippen LogP contribution in [-0.2, 0) is 0 Å². The van der Waals surface area contributed by atoms with Crippen molar-refractivity contribution in [3.05, 3.63) is 48.0 Å². The van der Waals surface area contributed by atoms with Crippen LogP contribution < -0.4 is 0 Å². The average Bonchev–Trinajstić information content (AvgIpc) is 2.19. The summed E-state index contributed by atoms with van der Waals surface area (Å²) in [6, 6.07) is 6.19. The Kier molecular flexibility index (Phi) is 2.27. The molecule has 0 amide bonds. The topological polar surface area (TPSA) is 25.8 Å². The standard InChI is InChI=1S/C12H12N2/c1-9-5-12(7-13-6-9)11-4-3-10(2)14-8-11/h3-8H,1-2H3. The molecule has 0 fully saturated rings. The third kappa shape index (κ3) is 1.79. The third-order valence-corrected chi connectivity index (χ3v) is 2.12. The first kappa shape index (κ1) is 8.88. The third-order valence-electron chi connectivity index (χ3n) is 2.12. The van der Waals surface area contributed by atoms with E-state index >= 15 is 0 Å². The van der Waals surface area contributed by atoms with Crippen LogP contribution in [0.15, 0.2) is 36.8 Å². The van der Waals surface area contributed by atoms with Crippen molar-refractivity contribution in [2.24, 2.45) is 0 Å². The summed E-state index contributed by atoms with van der Waals surface area (Å²) in [5.74, 6) is 0. The summed E-state index contributed by atoms with van der Waals surface area (Å²) in [7, 11) is 0. The van der Waals surface area contributed by atoms with E-state index < -0.39 is 0 Å². The lowest BCUT2D eigenvalue weighted by Crippen LogP contribution is -1.85. The predicted octanol–water partition coefficient (Wildman–Crippen LogP) is 2.76. The minimum Gasteiger partial charge on any atom is -0.264 e. The summed E-state index contributed by atoms with van der Waals surface area (Å²) in [6.07, 6.45) is 5.59. The summed E-state index contributed by atoms with van der Waals surface area (Å²) in [5, 5.41) is 0. The Hall–Kier alpha value is -1.70. The quantitative estimate of drug-likeness (QED) is 0.681. The lowest BCUT2D eigenvalue weighted by Gasteiger charge is -2.01. The first-order chi connectivity index (χ1) is 6.75. The van der Waals surface area contributed by atoms with Crippen molar-refractivity contribution in [1.29, 1.82) is 0 Å². The molecule has 2 aromatic rings. The van der Waals surface area contributed by atoms with Gasteiger partial charge in [0.1, 0.15) is 0 Å². The molecule has 0 spiro atoms. The molecule has 0 atom stereocenters. The normalized spacial score (nSPS) is 10.1. The number of nitrogens with zero attached hydrogens (tertiary/aromatic N) is 2. The lowest BCUT2D eigenvalue weighted by molar-refractivity contribution is 1.20. The van der Waals surface area contributed by atoms with E-state index in [9.17, 15) is 0 Å². The zero-order chi connectivity index (χ0) is 9.97. The first-order valence-electron chi connectivity index (χ1n) is 4.60. The van der Waals surface area contributed by atoms with Crippen molar-refractivity contribution in [3.63, 3.8) is 0 Å². The van der Waals surface area contributed by atoms with E-state index in [4.69, 9.17) is 0 Å². The molecule has 2 nitrogen and oxygen atoms in total. The summed E-state index contributed by atoms with van der Waals surface area (Å²) < 4.78 is 0. The molecule has 2 heterocycles. The zero-order valence-electron chi connectivity index (χ0n) is 8.36. The van der Waals surface area contributed by atoms with E-state index in [1.807, 2.05) is 38.5 Å². The number of hydrogen-bond acceptors (Lipinski definition) is 2. The highest BCUT2D eigenvalue weighted by atomic mass is 14.7. The largest absolute Gasteiger partial charge is 0.264 e. The fourth-order valence-corrected chi connectivity index (χ4v) is 1.35. The molecule has 2 heteroatoms. The van der Waals surface area contributed by atoms with Crippen LogP contribution in [0.2, 0.25) is 0 Å². The van der Waals surface area contributed by atoms with Crippen molar-refractivity contribution in [2.75, 3.05) is 0 Å². The molecular weight excluding hydrogens is 172 g/mol. The van der Waals surface area contributed by atoms with Gasteiger partial charge in [0.2, 0.25) is 0 Å². The summed E-state index contributed by atoms with van der Waals surface area (Å²) in [4.78, 5) is 8.41. The van der Waals surface area contributed by atoms with E-state index in [0.29, 0.717) is 0 Å². The van der Waals surface area contributed by atoms with Crippen LogP contribution in [0.4, 0.5) is 0 Å². The van der Waals surface area contributed by atoms with Gasteiger partial charge >= 0.3 is 0 Å². The molecule has 70 valence electrons. The van der Waals surface area contributed by atoms with Crippen LogP contribution in [0.1, 0.15) is 11.3 Å². The van der Waals surface area contributed by atoms with Gasteiger partial charge in [-0.2, -0.15) is 0 Å². The van der Waals surface area contributed by atoms with Crippen LogP contribution in [0, 0.1) is 13.8 Å².